The lowest BCUT2D eigenvalue weighted by atomic mass is 10.0. The standard InChI is InChI=1S/C21H23BrN6O3/c1-31-16(5-3-11-2-4-12-9-13(22)19(24)27-15(12)8-11)18(29)21(30)28-7-6-14(23)17-20(28)26-10-25-17/h2,4,6-10,16,18,21,29-30H,3,5,23H2,1H3,(H2,24,27)/t16-,18-,21-/m1/s1. The van der Waals surface area contributed by atoms with Crippen molar-refractivity contribution in [3.05, 3.63) is 52.9 Å². The molecule has 3 heterocycles. The predicted molar refractivity (Wildman–Crippen MR) is 121 cm³/mol. The van der Waals surface area contributed by atoms with Gasteiger partial charge in [-0.25, -0.2) is 15.0 Å². The van der Waals surface area contributed by atoms with E-state index in [0.29, 0.717) is 35.9 Å². The summed E-state index contributed by atoms with van der Waals surface area (Å²) in [7, 11) is 1.51. The third kappa shape index (κ3) is 4.19. The Labute approximate surface area is 187 Å². The van der Waals surface area contributed by atoms with Crippen molar-refractivity contribution in [1.82, 2.24) is 19.5 Å². The van der Waals surface area contributed by atoms with Gasteiger partial charge in [0.15, 0.2) is 12.1 Å². The maximum absolute atomic E-state index is 10.8. The molecule has 0 spiro atoms. The lowest BCUT2D eigenvalue weighted by Gasteiger charge is -2.28. The third-order valence-corrected chi connectivity index (χ3v) is 6.00. The van der Waals surface area contributed by atoms with Gasteiger partial charge < -0.3 is 31.0 Å². The van der Waals surface area contributed by atoms with E-state index in [1.54, 1.807) is 12.3 Å². The van der Waals surface area contributed by atoms with Crippen LogP contribution in [-0.4, -0.2) is 49.0 Å². The number of aryl methyl sites for hydroxylation is 1. The van der Waals surface area contributed by atoms with Crippen molar-refractivity contribution in [2.45, 2.75) is 31.3 Å². The number of aromatic nitrogens is 4. The fourth-order valence-corrected chi connectivity index (χ4v) is 3.96. The van der Waals surface area contributed by atoms with Gasteiger partial charge >= 0.3 is 0 Å². The van der Waals surface area contributed by atoms with Gasteiger partial charge in [0, 0.05) is 18.7 Å². The van der Waals surface area contributed by atoms with Gasteiger partial charge in [-0.15, -0.1) is 0 Å². The zero-order chi connectivity index (χ0) is 22.1. The smallest absolute Gasteiger partial charge is 0.164 e. The molecule has 0 bridgehead atoms. The number of halogens is 1. The molecule has 3 atom stereocenters. The summed E-state index contributed by atoms with van der Waals surface area (Å²) < 4.78 is 7.69. The Balaban J connectivity index is 1.49. The van der Waals surface area contributed by atoms with E-state index < -0.39 is 18.4 Å². The molecule has 162 valence electrons. The third-order valence-electron chi connectivity index (χ3n) is 5.37. The first-order valence-corrected chi connectivity index (χ1v) is 10.5. The number of rotatable bonds is 7. The molecular formula is C21H23BrN6O3. The molecule has 31 heavy (non-hydrogen) atoms. The van der Waals surface area contributed by atoms with Crippen molar-refractivity contribution in [2.75, 3.05) is 18.6 Å². The molecule has 10 heteroatoms. The van der Waals surface area contributed by atoms with Crippen molar-refractivity contribution < 1.29 is 14.9 Å². The van der Waals surface area contributed by atoms with Crippen LogP contribution in [0.3, 0.4) is 0 Å². The van der Waals surface area contributed by atoms with Crippen molar-refractivity contribution in [1.29, 1.82) is 0 Å². The van der Waals surface area contributed by atoms with Crippen molar-refractivity contribution in [3.8, 4) is 11.5 Å². The number of ether oxygens (including phenoxy) is 1. The Morgan fingerprint density at radius 2 is 1.97 bits per heavy atom. The van der Waals surface area contributed by atoms with E-state index in [1.165, 1.54) is 18.0 Å². The molecule has 2 aliphatic heterocycles. The number of imidazole rings is 1. The van der Waals surface area contributed by atoms with Gasteiger partial charge in [-0.1, -0.05) is 12.1 Å². The first kappa shape index (κ1) is 21.4. The van der Waals surface area contributed by atoms with Crippen molar-refractivity contribution in [2.24, 2.45) is 0 Å². The van der Waals surface area contributed by atoms with Crippen LogP contribution in [0, 0.1) is 0 Å². The SMILES string of the molecule is CO[C@H](CCc1ccc2cc(Br)c(N)nc2c1)[C@@H](O)[C@@H](O)n1ccc(N)c2ncnc1-2. The van der Waals surface area contributed by atoms with Crippen LogP contribution in [0.2, 0.25) is 0 Å². The molecule has 0 radical (unpaired) electrons. The summed E-state index contributed by atoms with van der Waals surface area (Å²) in [6, 6.07) is 9.48. The lowest BCUT2D eigenvalue weighted by molar-refractivity contribution is -0.105. The molecule has 1 aromatic heterocycles. The number of hydrogen-bond acceptors (Lipinski definition) is 8. The second-order valence-corrected chi connectivity index (χ2v) is 8.18. The summed E-state index contributed by atoms with van der Waals surface area (Å²) in [5.74, 6) is 0.825. The van der Waals surface area contributed by atoms with E-state index in [9.17, 15) is 10.2 Å². The fourth-order valence-electron chi connectivity index (χ4n) is 3.63. The monoisotopic (exact) mass is 486 g/mol. The first-order chi connectivity index (χ1) is 14.9. The Morgan fingerprint density at radius 3 is 2.74 bits per heavy atom. The van der Waals surface area contributed by atoms with Gasteiger partial charge in [0.25, 0.3) is 0 Å². The van der Waals surface area contributed by atoms with Crippen LogP contribution in [0.25, 0.3) is 22.4 Å². The minimum Gasteiger partial charge on any atom is -0.397 e. The highest BCUT2D eigenvalue weighted by molar-refractivity contribution is 9.10. The van der Waals surface area contributed by atoms with Crippen LogP contribution in [-0.2, 0) is 11.2 Å². The normalized spacial score (nSPS) is 14.7. The molecule has 0 saturated carbocycles. The molecule has 0 unspecified atom stereocenters. The van der Waals surface area contributed by atoms with Gasteiger partial charge in [-0.05, 0) is 52.5 Å². The zero-order valence-electron chi connectivity index (χ0n) is 16.8. The Hall–Kier alpha value is -2.79. The maximum atomic E-state index is 10.8. The maximum Gasteiger partial charge on any atom is 0.164 e. The highest BCUT2D eigenvalue weighted by Gasteiger charge is 2.30. The van der Waals surface area contributed by atoms with E-state index in [-0.39, 0.29) is 0 Å². The molecule has 2 aromatic rings. The molecule has 0 fully saturated rings. The Morgan fingerprint density at radius 1 is 1.16 bits per heavy atom. The predicted octanol–water partition coefficient (Wildman–Crippen LogP) is 2.36. The van der Waals surface area contributed by atoms with Crippen LogP contribution in [0.1, 0.15) is 18.2 Å². The van der Waals surface area contributed by atoms with Crippen molar-refractivity contribution >= 4 is 38.3 Å². The number of hydrogen-bond donors (Lipinski definition) is 4. The number of methoxy groups -OCH3 is 1. The van der Waals surface area contributed by atoms with Crippen LogP contribution >= 0.6 is 15.9 Å². The van der Waals surface area contributed by atoms with Gasteiger partial charge in [0.2, 0.25) is 0 Å². The summed E-state index contributed by atoms with van der Waals surface area (Å²) in [5, 5.41) is 22.6. The number of nitrogens with two attached hydrogens (primary N) is 2. The van der Waals surface area contributed by atoms with Crippen LogP contribution < -0.4 is 11.5 Å². The number of pyridine rings is 2. The highest BCUT2D eigenvalue weighted by atomic mass is 79.9. The fraction of sp³-hybridized carbons (Fsp3) is 0.286. The molecule has 0 amide bonds. The van der Waals surface area contributed by atoms with Crippen molar-refractivity contribution in [3.63, 3.8) is 0 Å². The van der Waals surface area contributed by atoms with Crippen LogP contribution in [0.4, 0.5) is 11.5 Å². The largest absolute Gasteiger partial charge is 0.397 e. The Kier molecular flexibility index (Phi) is 6.05. The molecule has 0 saturated heterocycles. The molecule has 4 rings (SSSR count). The quantitative estimate of drug-likeness (QED) is 0.311. The van der Waals surface area contributed by atoms with E-state index in [4.69, 9.17) is 16.2 Å². The van der Waals surface area contributed by atoms with E-state index in [2.05, 4.69) is 30.9 Å². The molecule has 2 aliphatic rings. The topological polar surface area (TPSA) is 145 Å². The number of aliphatic hydroxyl groups excluding tert-OH is 2. The molecular weight excluding hydrogens is 464 g/mol. The second kappa shape index (κ2) is 8.75. The number of nitrogen functional groups attached to an aromatic ring is 2. The van der Waals surface area contributed by atoms with Gasteiger partial charge in [0.05, 0.1) is 21.8 Å². The van der Waals surface area contributed by atoms with Crippen LogP contribution in [0.15, 0.2) is 47.3 Å². The zero-order valence-corrected chi connectivity index (χ0v) is 18.4. The van der Waals surface area contributed by atoms with E-state index >= 15 is 0 Å². The average molecular weight is 487 g/mol. The lowest BCUT2D eigenvalue weighted by Crippen LogP contribution is -2.37. The minimum atomic E-state index is -1.28. The summed E-state index contributed by atoms with van der Waals surface area (Å²) >= 11 is 3.39. The number of anilines is 2. The number of aliphatic hydroxyl groups is 2. The van der Waals surface area contributed by atoms with Gasteiger partial charge in [0.1, 0.15) is 23.9 Å². The first-order valence-electron chi connectivity index (χ1n) is 9.69. The number of benzene rings is 1. The van der Waals surface area contributed by atoms with Crippen LogP contribution in [0.5, 0.6) is 0 Å². The molecule has 1 aromatic carbocycles. The number of nitrogens with zero attached hydrogens (tertiary/aromatic N) is 4. The van der Waals surface area contributed by atoms with E-state index in [0.717, 1.165) is 20.9 Å². The van der Waals surface area contributed by atoms with E-state index in [1.807, 2.05) is 24.3 Å². The summed E-state index contributed by atoms with van der Waals surface area (Å²) in [4.78, 5) is 12.6. The van der Waals surface area contributed by atoms with Gasteiger partial charge in [-0.3, -0.25) is 0 Å². The van der Waals surface area contributed by atoms with Gasteiger partial charge in [-0.2, -0.15) is 0 Å². The Bertz CT molecular complexity index is 1180. The molecule has 6 N–H and O–H groups in total. The number of fused-ring (bicyclic) bond motifs is 2. The summed E-state index contributed by atoms with van der Waals surface area (Å²) in [5.41, 5.74) is 14.5. The summed E-state index contributed by atoms with van der Waals surface area (Å²) in [6.45, 7) is 0. The summed E-state index contributed by atoms with van der Waals surface area (Å²) in [6.07, 6.45) is 0.958. The highest BCUT2D eigenvalue weighted by Crippen LogP contribution is 2.29. The molecule has 9 nitrogen and oxygen atoms in total. The molecule has 0 aliphatic carbocycles. The second-order valence-electron chi connectivity index (χ2n) is 7.32. The average Bonchev–Trinajstić information content (AvgIpc) is 3.25. The minimum absolute atomic E-state index is 0.394.